The number of aliphatic hydroxyl groups excluding tert-OH is 3. The predicted octanol–water partition coefficient (Wildman–Crippen LogP) is 14.0. The number of nitrogens with one attached hydrogen (secondary N) is 1. The molecule has 0 aliphatic rings. The van der Waals surface area contributed by atoms with Crippen LogP contribution in [0.1, 0.15) is 213 Å². The van der Waals surface area contributed by atoms with Gasteiger partial charge in [0.1, 0.15) is 0 Å². The first kappa shape index (κ1) is 60.2. The lowest BCUT2D eigenvalue weighted by molar-refractivity contribution is 0.0565. The van der Waals surface area contributed by atoms with Crippen molar-refractivity contribution in [1.29, 1.82) is 0 Å². The minimum atomic E-state index is -0.381. The van der Waals surface area contributed by atoms with Gasteiger partial charge in [0, 0.05) is 45.8 Å². The summed E-state index contributed by atoms with van der Waals surface area (Å²) in [7, 11) is 2.15. The molecule has 0 bridgehead atoms. The Morgan fingerprint density at radius 2 is 0.726 bits per heavy atom. The molecule has 0 aromatic rings. The van der Waals surface area contributed by atoms with Gasteiger partial charge in [-0.3, -0.25) is 4.90 Å². The topological polar surface area (TPSA) is 79.2 Å². The van der Waals surface area contributed by atoms with Crippen LogP contribution in [0.5, 0.6) is 0 Å². The van der Waals surface area contributed by atoms with E-state index in [1.54, 1.807) is 0 Å². The molecule has 0 saturated carbocycles. The summed E-state index contributed by atoms with van der Waals surface area (Å²) in [5.41, 5.74) is 0. The van der Waals surface area contributed by atoms with Crippen molar-refractivity contribution < 1.29 is 15.3 Å². The number of aliphatic hydroxyl groups is 3. The second-order valence-corrected chi connectivity index (χ2v) is 18.2. The highest BCUT2D eigenvalue weighted by molar-refractivity contribution is 4.94. The number of allylic oxidation sites excluding steroid dienone is 12. The highest BCUT2D eigenvalue weighted by atomic mass is 16.3. The Bertz CT molecular complexity index is 1020. The summed E-state index contributed by atoms with van der Waals surface area (Å²) in [6.07, 6.45) is 61.1. The monoisotopic (exact) mass is 868 g/mol. The fourth-order valence-corrected chi connectivity index (χ4v) is 7.61. The van der Waals surface area contributed by atoms with Gasteiger partial charge >= 0.3 is 0 Å². The number of unbranched alkanes of at least 4 members (excludes halogenated alkanes) is 18. The predicted molar refractivity (Wildman–Crippen MR) is 275 cm³/mol. The maximum absolute atomic E-state index is 11.1. The van der Waals surface area contributed by atoms with Crippen LogP contribution < -0.4 is 5.32 Å². The summed E-state index contributed by atoms with van der Waals surface area (Å²) >= 11 is 0. The summed E-state index contributed by atoms with van der Waals surface area (Å²) < 4.78 is 0. The standard InChI is InChI=1S/C56H105N3O3/c1-5-8-11-14-17-20-23-26-29-32-35-38-41-44-54(60)51-57-47-48-58(4)49-50-59(52-55(61)45-42-39-36-33-30-27-24-21-18-15-12-9-6-2)53-56(62)46-43-40-37-34-31-28-25-22-19-16-13-10-7-3/h20-25,29-34,54-57,60-62H,5-19,26-28,35-53H2,1-4H3/b23-20-,24-21-,25-22-,32-29-,33-30-,34-31-. The van der Waals surface area contributed by atoms with E-state index in [1.807, 2.05) is 0 Å². The molecule has 0 rings (SSSR count). The van der Waals surface area contributed by atoms with Gasteiger partial charge in [-0.25, -0.2) is 0 Å². The second-order valence-electron chi connectivity index (χ2n) is 18.2. The molecule has 0 spiro atoms. The van der Waals surface area contributed by atoms with Crippen LogP contribution in [-0.2, 0) is 0 Å². The normalized spacial score (nSPS) is 14.3. The van der Waals surface area contributed by atoms with E-state index in [1.165, 1.54) is 96.3 Å². The molecular weight excluding hydrogens is 763 g/mol. The Morgan fingerprint density at radius 1 is 0.387 bits per heavy atom. The highest BCUT2D eigenvalue weighted by Crippen LogP contribution is 2.12. The molecule has 0 aliphatic heterocycles. The van der Waals surface area contributed by atoms with Gasteiger partial charge in [-0.1, -0.05) is 171 Å². The lowest BCUT2D eigenvalue weighted by atomic mass is 10.1. The first-order valence-electron chi connectivity index (χ1n) is 26.5. The Balaban J connectivity index is 4.53. The summed E-state index contributed by atoms with van der Waals surface area (Å²) in [6, 6.07) is 0. The van der Waals surface area contributed by atoms with E-state index in [-0.39, 0.29) is 18.3 Å². The maximum atomic E-state index is 11.1. The number of hydrogen-bond acceptors (Lipinski definition) is 6. The average Bonchev–Trinajstić information content (AvgIpc) is 3.26. The van der Waals surface area contributed by atoms with E-state index in [0.717, 1.165) is 122 Å². The molecule has 0 aromatic carbocycles. The quantitative estimate of drug-likeness (QED) is 0.0360. The highest BCUT2D eigenvalue weighted by Gasteiger charge is 2.16. The Hall–Kier alpha value is -1.80. The molecule has 6 heteroatoms. The number of nitrogens with zero attached hydrogens (tertiary/aromatic N) is 2. The van der Waals surface area contributed by atoms with Crippen LogP contribution in [-0.4, -0.2) is 96.3 Å². The molecule has 0 fully saturated rings. The largest absolute Gasteiger partial charge is 0.392 e. The molecule has 0 amide bonds. The molecule has 3 atom stereocenters. The smallest absolute Gasteiger partial charge is 0.0667 e. The average molecular weight is 868 g/mol. The van der Waals surface area contributed by atoms with Gasteiger partial charge in [-0.05, 0) is 123 Å². The van der Waals surface area contributed by atoms with Crippen LogP contribution >= 0.6 is 0 Å². The molecule has 0 radical (unpaired) electrons. The number of likely N-dealkylation sites (N-methyl/N-ethyl adjacent to an activating group) is 1. The van der Waals surface area contributed by atoms with Crippen molar-refractivity contribution >= 4 is 0 Å². The third kappa shape index (κ3) is 47.7. The SMILES string of the molecule is CCCCCC/C=C\C/C=C\CCCCC(O)CNCCN(C)CCN(CC(O)CCCC/C=C\C/C=C\CCCCCC)CC(O)CCCC/C=C\C/C=C\CCCCCC. The molecule has 4 N–H and O–H groups in total. The van der Waals surface area contributed by atoms with Crippen molar-refractivity contribution in [1.82, 2.24) is 15.1 Å². The zero-order valence-corrected chi connectivity index (χ0v) is 41.6. The van der Waals surface area contributed by atoms with Gasteiger partial charge in [0.2, 0.25) is 0 Å². The van der Waals surface area contributed by atoms with Crippen molar-refractivity contribution in [2.75, 3.05) is 52.9 Å². The molecular formula is C56H105N3O3. The van der Waals surface area contributed by atoms with E-state index in [9.17, 15) is 15.3 Å². The van der Waals surface area contributed by atoms with E-state index >= 15 is 0 Å². The summed E-state index contributed by atoms with van der Waals surface area (Å²) in [5.74, 6) is 0. The van der Waals surface area contributed by atoms with Crippen molar-refractivity contribution in [3.8, 4) is 0 Å². The third-order valence-corrected chi connectivity index (χ3v) is 11.8. The van der Waals surface area contributed by atoms with Gasteiger partial charge in [0.15, 0.2) is 0 Å². The minimum absolute atomic E-state index is 0.301. The van der Waals surface area contributed by atoms with Crippen LogP contribution in [0.3, 0.4) is 0 Å². The fraction of sp³-hybridized carbons (Fsp3) is 0.786. The fourth-order valence-electron chi connectivity index (χ4n) is 7.61. The third-order valence-electron chi connectivity index (χ3n) is 11.8. The molecule has 0 aliphatic carbocycles. The van der Waals surface area contributed by atoms with E-state index in [2.05, 4.69) is 116 Å². The number of rotatable bonds is 48. The molecule has 0 heterocycles. The zero-order chi connectivity index (χ0) is 45.2. The lowest BCUT2D eigenvalue weighted by Crippen LogP contribution is -2.43. The van der Waals surface area contributed by atoms with Gasteiger partial charge in [0.25, 0.3) is 0 Å². The van der Waals surface area contributed by atoms with E-state index < -0.39 is 0 Å². The first-order valence-corrected chi connectivity index (χ1v) is 26.5. The summed E-state index contributed by atoms with van der Waals surface area (Å²) in [6.45, 7) is 12.1. The summed E-state index contributed by atoms with van der Waals surface area (Å²) in [4.78, 5) is 4.61. The lowest BCUT2D eigenvalue weighted by Gasteiger charge is -2.29. The van der Waals surface area contributed by atoms with Gasteiger partial charge in [0.05, 0.1) is 18.3 Å². The van der Waals surface area contributed by atoms with Crippen LogP contribution in [0.15, 0.2) is 72.9 Å². The summed E-state index contributed by atoms with van der Waals surface area (Å²) in [5, 5.41) is 36.1. The molecule has 0 saturated heterocycles. The Morgan fingerprint density at radius 3 is 1.08 bits per heavy atom. The maximum Gasteiger partial charge on any atom is 0.0667 e. The van der Waals surface area contributed by atoms with Crippen molar-refractivity contribution in [2.24, 2.45) is 0 Å². The Kier molecular flexibility index (Phi) is 48.7. The van der Waals surface area contributed by atoms with Crippen LogP contribution in [0.25, 0.3) is 0 Å². The minimum Gasteiger partial charge on any atom is -0.392 e. The molecule has 6 nitrogen and oxygen atoms in total. The van der Waals surface area contributed by atoms with Crippen LogP contribution in [0.2, 0.25) is 0 Å². The van der Waals surface area contributed by atoms with Gasteiger partial charge in [-0.15, -0.1) is 0 Å². The van der Waals surface area contributed by atoms with E-state index in [4.69, 9.17) is 0 Å². The molecule has 0 aromatic heterocycles. The molecule has 62 heavy (non-hydrogen) atoms. The van der Waals surface area contributed by atoms with E-state index in [0.29, 0.717) is 19.6 Å². The van der Waals surface area contributed by atoms with Crippen LogP contribution in [0.4, 0.5) is 0 Å². The first-order chi connectivity index (χ1) is 30.4. The van der Waals surface area contributed by atoms with Crippen molar-refractivity contribution in [3.63, 3.8) is 0 Å². The zero-order valence-electron chi connectivity index (χ0n) is 41.6. The number of hydrogen-bond donors (Lipinski definition) is 4. The van der Waals surface area contributed by atoms with Crippen molar-refractivity contribution in [2.45, 2.75) is 232 Å². The Labute approximate surface area is 386 Å². The van der Waals surface area contributed by atoms with Crippen molar-refractivity contribution in [3.05, 3.63) is 72.9 Å². The second kappa shape index (κ2) is 50.2. The molecule has 362 valence electrons. The van der Waals surface area contributed by atoms with Crippen LogP contribution in [0, 0.1) is 0 Å². The van der Waals surface area contributed by atoms with Gasteiger partial charge < -0.3 is 25.5 Å². The molecule has 3 unspecified atom stereocenters. The van der Waals surface area contributed by atoms with Gasteiger partial charge in [-0.2, -0.15) is 0 Å².